The first kappa shape index (κ1) is 13.3. The van der Waals surface area contributed by atoms with E-state index in [-0.39, 0.29) is 5.41 Å². The lowest BCUT2D eigenvalue weighted by Gasteiger charge is -2.38. The maximum atomic E-state index is 6.40. The molecule has 1 rings (SSSR count). The van der Waals surface area contributed by atoms with Crippen molar-refractivity contribution in [2.75, 3.05) is 0 Å². The van der Waals surface area contributed by atoms with E-state index in [9.17, 15) is 0 Å². The van der Waals surface area contributed by atoms with Crippen molar-refractivity contribution in [3.05, 3.63) is 22.9 Å². The Balaban J connectivity index is 3.16. The minimum atomic E-state index is 0.224. The first-order valence-electron chi connectivity index (χ1n) is 6.68. The molecule has 16 heavy (non-hydrogen) atoms. The summed E-state index contributed by atoms with van der Waals surface area (Å²) in [4.78, 5) is 0. The highest BCUT2D eigenvalue weighted by molar-refractivity contribution is 5.41. The van der Waals surface area contributed by atoms with Crippen LogP contribution in [-0.2, 0) is 0 Å². The van der Waals surface area contributed by atoms with Gasteiger partial charge >= 0.3 is 0 Å². The lowest BCUT2D eigenvalue weighted by molar-refractivity contribution is 0.304. The maximum absolute atomic E-state index is 6.40. The molecular formula is C15H27N. The molecule has 0 heterocycles. The van der Waals surface area contributed by atoms with Gasteiger partial charge in [0.15, 0.2) is 0 Å². The van der Waals surface area contributed by atoms with Gasteiger partial charge in [-0.1, -0.05) is 47.1 Å². The molecule has 1 aliphatic rings. The molecule has 1 atom stereocenters. The fourth-order valence-electron chi connectivity index (χ4n) is 3.05. The molecule has 0 saturated carbocycles. The minimum Gasteiger partial charge on any atom is -0.402 e. The highest BCUT2D eigenvalue weighted by atomic mass is 14.6. The van der Waals surface area contributed by atoms with Crippen molar-refractivity contribution in [2.45, 2.75) is 60.3 Å². The summed E-state index contributed by atoms with van der Waals surface area (Å²) < 4.78 is 0. The Morgan fingerprint density at radius 1 is 1.25 bits per heavy atom. The molecule has 1 heteroatoms. The summed E-state index contributed by atoms with van der Waals surface area (Å²) in [6.07, 6.45) is 7.03. The molecule has 92 valence electrons. The first-order chi connectivity index (χ1) is 7.47. The van der Waals surface area contributed by atoms with Gasteiger partial charge in [-0.05, 0) is 35.8 Å². The van der Waals surface area contributed by atoms with Gasteiger partial charge in [0.1, 0.15) is 0 Å². The standard InChI is InChI=1S/C15H27N/c1-6-9-12-11(7-2)10-15(4,5)13(8-3)14(12)16/h10,13H,6-9,16H2,1-5H3/t13-/m0/s1. The molecular weight excluding hydrogens is 194 g/mol. The van der Waals surface area contributed by atoms with Crippen molar-refractivity contribution in [1.82, 2.24) is 0 Å². The average molecular weight is 221 g/mol. The third-order valence-corrected chi connectivity index (χ3v) is 3.84. The van der Waals surface area contributed by atoms with Crippen LogP contribution in [0.1, 0.15) is 60.3 Å². The third-order valence-electron chi connectivity index (χ3n) is 3.84. The third kappa shape index (κ3) is 2.34. The normalized spacial score (nSPS) is 24.6. The van der Waals surface area contributed by atoms with Crippen molar-refractivity contribution >= 4 is 0 Å². The van der Waals surface area contributed by atoms with Gasteiger partial charge in [0, 0.05) is 11.6 Å². The van der Waals surface area contributed by atoms with E-state index < -0.39 is 0 Å². The van der Waals surface area contributed by atoms with E-state index >= 15 is 0 Å². The van der Waals surface area contributed by atoms with Crippen LogP contribution >= 0.6 is 0 Å². The first-order valence-corrected chi connectivity index (χ1v) is 6.68. The highest BCUT2D eigenvalue weighted by Crippen LogP contribution is 2.43. The van der Waals surface area contributed by atoms with Gasteiger partial charge in [-0.15, -0.1) is 0 Å². The SMILES string of the molecule is CCCC1=C(N)[C@H](CC)C(C)(C)C=C1CC. The topological polar surface area (TPSA) is 26.0 Å². The van der Waals surface area contributed by atoms with Crippen LogP contribution < -0.4 is 5.73 Å². The summed E-state index contributed by atoms with van der Waals surface area (Å²) in [5, 5.41) is 0. The zero-order valence-electron chi connectivity index (χ0n) is 11.6. The van der Waals surface area contributed by atoms with Crippen LogP contribution in [0.2, 0.25) is 0 Å². The largest absolute Gasteiger partial charge is 0.402 e. The molecule has 0 fully saturated rings. The lowest BCUT2D eigenvalue weighted by Crippen LogP contribution is -2.32. The molecule has 1 nitrogen and oxygen atoms in total. The van der Waals surface area contributed by atoms with E-state index in [0.717, 1.165) is 25.0 Å². The summed E-state index contributed by atoms with van der Waals surface area (Å²) in [5.41, 5.74) is 10.7. The molecule has 0 aromatic heterocycles. The number of rotatable bonds is 4. The highest BCUT2D eigenvalue weighted by Gasteiger charge is 2.33. The van der Waals surface area contributed by atoms with Crippen LogP contribution in [0.5, 0.6) is 0 Å². The summed E-state index contributed by atoms with van der Waals surface area (Å²) in [6, 6.07) is 0. The quantitative estimate of drug-likeness (QED) is 0.748. The predicted octanol–water partition coefficient (Wildman–Crippen LogP) is 4.40. The summed E-state index contributed by atoms with van der Waals surface area (Å²) >= 11 is 0. The molecule has 0 saturated heterocycles. The van der Waals surface area contributed by atoms with Crippen molar-refractivity contribution in [3.8, 4) is 0 Å². The molecule has 0 aromatic carbocycles. The van der Waals surface area contributed by atoms with E-state index in [1.54, 1.807) is 0 Å². The predicted molar refractivity (Wildman–Crippen MR) is 72.1 cm³/mol. The van der Waals surface area contributed by atoms with Crippen LogP contribution in [0.4, 0.5) is 0 Å². The Labute approximate surface area is 101 Å². The second-order valence-electron chi connectivity index (χ2n) is 5.49. The Hall–Kier alpha value is -0.720. The van der Waals surface area contributed by atoms with Crippen molar-refractivity contribution in [1.29, 1.82) is 0 Å². The Bertz CT molecular complexity index is 307. The Kier molecular flexibility index (Phi) is 4.23. The molecule has 2 N–H and O–H groups in total. The molecule has 0 amide bonds. The molecule has 0 aliphatic heterocycles. The zero-order valence-corrected chi connectivity index (χ0v) is 11.6. The van der Waals surface area contributed by atoms with E-state index in [2.05, 4.69) is 40.7 Å². The van der Waals surface area contributed by atoms with Crippen LogP contribution in [-0.4, -0.2) is 0 Å². The van der Waals surface area contributed by atoms with E-state index in [0.29, 0.717) is 5.92 Å². The van der Waals surface area contributed by atoms with Crippen molar-refractivity contribution in [3.63, 3.8) is 0 Å². The van der Waals surface area contributed by atoms with Gasteiger partial charge in [-0.2, -0.15) is 0 Å². The second kappa shape index (κ2) is 5.07. The van der Waals surface area contributed by atoms with Gasteiger partial charge in [-0.25, -0.2) is 0 Å². The fourth-order valence-corrected chi connectivity index (χ4v) is 3.05. The molecule has 1 aliphatic carbocycles. The number of nitrogens with two attached hydrogens (primary N) is 1. The zero-order chi connectivity index (χ0) is 12.3. The maximum Gasteiger partial charge on any atom is 0.0156 e. The number of hydrogen-bond acceptors (Lipinski definition) is 1. The molecule has 0 radical (unpaired) electrons. The lowest BCUT2D eigenvalue weighted by atomic mass is 9.68. The van der Waals surface area contributed by atoms with Crippen molar-refractivity contribution < 1.29 is 0 Å². The molecule has 0 spiro atoms. The number of hydrogen-bond donors (Lipinski definition) is 1. The molecule has 0 bridgehead atoms. The fraction of sp³-hybridized carbons (Fsp3) is 0.733. The minimum absolute atomic E-state index is 0.224. The Morgan fingerprint density at radius 3 is 2.31 bits per heavy atom. The summed E-state index contributed by atoms with van der Waals surface area (Å²) in [6.45, 7) is 11.3. The van der Waals surface area contributed by atoms with Gasteiger partial charge in [0.05, 0.1) is 0 Å². The van der Waals surface area contributed by atoms with E-state index in [4.69, 9.17) is 5.73 Å². The number of allylic oxidation sites excluding steroid dienone is 4. The van der Waals surface area contributed by atoms with Crippen LogP contribution in [0.25, 0.3) is 0 Å². The van der Waals surface area contributed by atoms with Crippen LogP contribution in [0.15, 0.2) is 22.9 Å². The van der Waals surface area contributed by atoms with Gasteiger partial charge < -0.3 is 5.73 Å². The van der Waals surface area contributed by atoms with Crippen molar-refractivity contribution in [2.24, 2.45) is 17.1 Å². The Morgan fingerprint density at radius 2 is 1.88 bits per heavy atom. The van der Waals surface area contributed by atoms with Gasteiger partial charge in [0.25, 0.3) is 0 Å². The smallest absolute Gasteiger partial charge is 0.0156 e. The van der Waals surface area contributed by atoms with Gasteiger partial charge in [0.2, 0.25) is 0 Å². The monoisotopic (exact) mass is 221 g/mol. The second-order valence-corrected chi connectivity index (χ2v) is 5.49. The van der Waals surface area contributed by atoms with Crippen LogP contribution in [0, 0.1) is 11.3 Å². The average Bonchev–Trinajstić information content (AvgIpc) is 2.22. The van der Waals surface area contributed by atoms with Gasteiger partial charge in [-0.3, -0.25) is 0 Å². The van der Waals surface area contributed by atoms with Crippen LogP contribution in [0.3, 0.4) is 0 Å². The summed E-state index contributed by atoms with van der Waals surface area (Å²) in [7, 11) is 0. The van der Waals surface area contributed by atoms with E-state index in [1.165, 1.54) is 17.6 Å². The molecule has 0 unspecified atom stereocenters. The van der Waals surface area contributed by atoms with E-state index in [1.807, 2.05) is 0 Å². The summed E-state index contributed by atoms with van der Waals surface area (Å²) in [5.74, 6) is 0.518. The molecule has 0 aromatic rings.